The molecule has 0 bridgehead atoms. The topological polar surface area (TPSA) is 460 Å². The monoisotopic (exact) mass is 976 g/mol. The van der Waals surface area contributed by atoms with E-state index in [0.29, 0.717) is 0 Å². The molecule has 0 aromatic heterocycles. The Hall–Kier alpha value is -2.92. The molecule has 368 valence electrons. The molecule has 20 unspecified atom stereocenters. The van der Waals surface area contributed by atoms with Gasteiger partial charge in [0.25, 0.3) is 0 Å². The first-order valence-corrected chi connectivity index (χ1v) is 20.5. The van der Waals surface area contributed by atoms with Crippen molar-refractivity contribution < 1.29 is 139 Å². The molecular weight excluding hydrogens is 928 g/mol. The Morgan fingerprint density at radius 1 is 0.672 bits per heavy atom. The standard InChI is InChI=1S/C31H48N2O29S2/c1-4-5-51-28-12(32-8(2)36)22(20(11(7-35)52-28)60-64(48,49)50)55-31-18(42)16(40)23(25(58-31)27(45)46)56-29-13(33-9(3)37)21(19(10(6-34)53-29)59-63-62-61-47)54-30-17(41)14(38)15(39)24(57-30)26(43)44/h4,10-25,28-31,34-35,38-42,47H,1,5-7H2,2-3H3,(H,32,36)(H,33,37)(H,43,44)(H,45,46)(H,48,49,50). The summed E-state index contributed by atoms with van der Waals surface area (Å²) in [6, 6.07) is -3.58. The summed E-state index contributed by atoms with van der Waals surface area (Å²) in [4.78, 5) is 49.6. The number of hydrogen-bond donors (Lipinski definition) is 13. The number of hydrogen-bond acceptors (Lipinski definition) is 27. The van der Waals surface area contributed by atoms with Crippen LogP contribution in [0.15, 0.2) is 12.7 Å². The van der Waals surface area contributed by atoms with Crippen molar-refractivity contribution in [1.82, 2.24) is 10.6 Å². The predicted octanol–water partition coefficient (Wildman–Crippen LogP) is -7.23. The van der Waals surface area contributed by atoms with Crippen molar-refractivity contribution >= 4 is 46.5 Å². The van der Waals surface area contributed by atoms with Crippen molar-refractivity contribution in [3.8, 4) is 0 Å². The van der Waals surface area contributed by atoms with Gasteiger partial charge in [0.05, 0.1) is 19.8 Å². The zero-order valence-electron chi connectivity index (χ0n) is 33.0. The molecule has 20 atom stereocenters. The first-order valence-electron chi connectivity index (χ1n) is 18.5. The molecule has 4 fully saturated rings. The van der Waals surface area contributed by atoms with Crippen molar-refractivity contribution in [2.45, 2.75) is 137 Å². The van der Waals surface area contributed by atoms with E-state index in [4.69, 9.17) is 51.5 Å². The second-order valence-corrected chi connectivity index (χ2v) is 15.6. The number of carbonyl (C=O) groups is 4. The van der Waals surface area contributed by atoms with Gasteiger partial charge in [0, 0.05) is 13.8 Å². The number of aliphatic hydroxyl groups excluding tert-OH is 7. The summed E-state index contributed by atoms with van der Waals surface area (Å²) < 4.78 is 92.7. The van der Waals surface area contributed by atoms with Crippen LogP contribution in [-0.2, 0) is 85.2 Å². The summed E-state index contributed by atoms with van der Waals surface area (Å²) in [6.07, 6.45) is -37.2. The number of aliphatic carboxylic acids is 2. The minimum absolute atomic E-state index is 0.141. The van der Waals surface area contributed by atoms with E-state index in [2.05, 4.69) is 26.6 Å². The molecule has 0 spiro atoms. The van der Waals surface area contributed by atoms with E-state index >= 15 is 0 Å². The smallest absolute Gasteiger partial charge is 0.397 e. The molecule has 4 saturated heterocycles. The average molecular weight is 977 g/mol. The van der Waals surface area contributed by atoms with Gasteiger partial charge in [-0.05, 0) is 0 Å². The molecule has 0 radical (unpaired) electrons. The Bertz CT molecular complexity index is 1700. The number of nitrogens with one attached hydrogen (secondary N) is 2. The number of rotatable bonds is 21. The summed E-state index contributed by atoms with van der Waals surface area (Å²) in [5.41, 5.74) is 0. The van der Waals surface area contributed by atoms with Gasteiger partial charge >= 0.3 is 22.3 Å². The minimum Gasteiger partial charge on any atom is -0.479 e. The van der Waals surface area contributed by atoms with E-state index in [9.17, 15) is 78.1 Å². The number of carbonyl (C=O) groups excluding carboxylic acids is 2. The van der Waals surface area contributed by atoms with Crippen LogP contribution in [0.4, 0.5) is 0 Å². The van der Waals surface area contributed by atoms with Crippen LogP contribution in [0.25, 0.3) is 0 Å². The van der Waals surface area contributed by atoms with Gasteiger partial charge in [-0.15, -0.1) is 10.9 Å². The second-order valence-electron chi connectivity index (χ2n) is 14.1. The fraction of sp³-hybridized carbons (Fsp3) is 0.806. The highest BCUT2D eigenvalue weighted by molar-refractivity contribution is 7.89. The predicted molar refractivity (Wildman–Crippen MR) is 194 cm³/mol. The molecule has 0 aromatic rings. The van der Waals surface area contributed by atoms with E-state index in [1.54, 1.807) is 0 Å². The zero-order valence-corrected chi connectivity index (χ0v) is 34.7. The Balaban J connectivity index is 1.73. The first kappa shape index (κ1) is 53.7. The van der Waals surface area contributed by atoms with Gasteiger partial charge in [0.1, 0.15) is 85.3 Å². The lowest BCUT2D eigenvalue weighted by Gasteiger charge is -2.50. The highest BCUT2D eigenvalue weighted by Gasteiger charge is 2.59. The molecule has 64 heavy (non-hydrogen) atoms. The zero-order chi connectivity index (χ0) is 47.8. The Morgan fingerprint density at radius 3 is 1.66 bits per heavy atom. The van der Waals surface area contributed by atoms with Crippen molar-refractivity contribution in [3.05, 3.63) is 12.7 Å². The maximum absolute atomic E-state index is 12.8. The lowest BCUT2D eigenvalue weighted by molar-refractivity contribution is -0.435. The van der Waals surface area contributed by atoms with Crippen LogP contribution in [0, 0.1) is 0 Å². The molecule has 0 aliphatic carbocycles. The average Bonchev–Trinajstić information content (AvgIpc) is 3.21. The van der Waals surface area contributed by atoms with Crippen molar-refractivity contribution in [1.29, 1.82) is 0 Å². The van der Waals surface area contributed by atoms with Crippen molar-refractivity contribution in [3.63, 3.8) is 0 Å². The quantitative estimate of drug-likeness (QED) is 0.0127. The van der Waals surface area contributed by atoms with E-state index in [1.807, 2.05) is 0 Å². The molecular formula is C31H48N2O29S2. The number of carboxylic acids is 2. The lowest BCUT2D eigenvalue weighted by atomic mass is 9.94. The minimum atomic E-state index is -5.45. The Morgan fingerprint density at radius 2 is 1.16 bits per heavy atom. The van der Waals surface area contributed by atoms with Crippen molar-refractivity contribution in [2.24, 2.45) is 0 Å². The second kappa shape index (κ2) is 23.7. The van der Waals surface area contributed by atoms with E-state index in [1.165, 1.54) is 6.08 Å². The highest BCUT2D eigenvalue weighted by Crippen LogP contribution is 2.37. The highest BCUT2D eigenvalue weighted by atomic mass is 32.3. The van der Waals surface area contributed by atoms with Gasteiger partial charge in [0.2, 0.25) is 11.8 Å². The fourth-order valence-corrected chi connectivity index (χ4v) is 7.89. The lowest BCUT2D eigenvalue weighted by Crippen LogP contribution is -2.71. The number of aliphatic hydroxyl groups is 7. The molecule has 4 aliphatic heterocycles. The summed E-state index contributed by atoms with van der Waals surface area (Å²) in [5.74, 6) is -5.59. The maximum atomic E-state index is 12.8. The molecule has 0 aromatic carbocycles. The molecule has 4 aliphatic rings. The third-order valence-corrected chi connectivity index (χ3v) is 10.6. The molecule has 4 heterocycles. The van der Waals surface area contributed by atoms with Crippen LogP contribution in [0.3, 0.4) is 0 Å². The van der Waals surface area contributed by atoms with E-state index in [-0.39, 0.29) is 18.9 Å². The number of ether oxygens (including phenoxy) is 8. The van der Waals surface area contributed by atoms with Gasteiger partial charge in [-0.1, -0.05) is 11.1 Å². The molecule has 31 nitrogen and oxygen atoms in total. The Labute approximate surface area is 364 Å². The van der Waals surface area contributed by atoms with Crippen LogP contribution < -0.4 is 10.6 Å². The van der Waals surface area contributed by atoms with E-state index in [0.717, 1.165) is 13.8 Å². The summed E-state index contributed by atoms with van der Waals surface area (Å²) in [6.45, 7) is 2.94. The molecule has 4 rings (SSSR count). The summed E-state index contributed by atoms with van der Waals surface area (Å²) >= 11 is -0.141. The largest absolute Gasteiger partial charge is 0.479 e. The van der Waals surface area contributed by atoms with Gasteiger partial charge < -0.3 is 94.5 Å². The van der Waals surface area contributed by atoms with Gasteiger partial charge in [-0.3, -0.25) is 18.3 Å². The Kier molecular flexibility index (Phi) is 19.9. The number of amides is 2. The molecule has 0 saturated carbocycles. The van der Waals surface area contributed by atoms with Crippen LogP contribution in [0.2, 0.25) is 0 Å². The third kappa shape index (κ3) is 13.2. The summed E-state index contributed by atoms with van der Waals surface area (Å²) in [7, 11) is -5.45. The SMILES string of the molecule is C=CCOC1OC(CO)C(OS(=O)(=O)O)C(OC2OC(C(=O)O)C(OC3OC(CO)C(OSOOO)C(OC4OC(C(=O)O)C(O)C(O)C4O)C3NC(C)=O)C(O)C2O)C1NC(C)=O. The molecule has 33 heteroatoms. The third-order valence-electron chi connectivity index (χ3n) is 9.69. The van der Waals surface area contributed by atoms with Crippen LogP contribution in [0.5, 0.6) is 0 Å². The van der Waals surface area contributed by atoms with Gasteiger partial charge in [-0.2, -0.15) is 8.42 Å². The van der Waals surface area contributed by atoms with Gasteiger partial charge in [-0.25, -0.2) is 19.0 Å². The maximum Gasteiger partial charge on any atom is 0.397 e. The molecule has 2 amide bonds. The number of carboxylic acid groups (broad SMARTS) is 2. The normalized spacial score (nSPS) is 40.5. The van der Waals surface area contributed by atoms with E-state index < -0.39 is 170 Å². The van der Waals surface area contributed by atoms with Crippen LogP contribution in [0.1, 0.15) is 13.8 Å². The van der Waals surface area contributed by atoms with Crippen LogP contribution in [-0.4, -0.2) is 230 Å². The summed E-state index contributed by atoms with van der Waals surface area (Å²) in [5, 5.41) is 111. The fourth-order valence-electron chi connectivity index (χ4n) is 7.00. The van der Waals surface area contributed by atoms with Crippen molar-refractivity contribution in [2.75, 3.05) is 19.8 Å². The molecule has 13 N–H and O–H groups in total. The van der Waals surface area contributed by atoms with Gasteiger partial charge in [0.15, 0.2) is 49.7 Å². The first-order chi connectivity index (χ1) is 30.1. The van der Waals surface area contributed by atoms with Crippen LogP contribution >= 0.6 is 12.3 Å².